The summed E-state index contributed by atoms with van der Waals surface area (Å²) in [5.41, 5.74) is 0.401. The molecule has 1 atom stereocenters. The summed E-state index contributed by atoms with van der Waals surface area (Å²) < 4.78 is 19.8. The molecule has 1 aliphatic heterocycles. The smallest absolute Gasteiger partial charge is 0.134 e. The van der Waals surface area contributed by atoms with E-state index in [0.717, 1.165) is 17.9 Å². The third kappa shape index (κ3) is 3.62. The summed E-state index contributed by atoms with van der Waals surface area (Å²) in [6.07, 6.45) is 0.910. The van der Waals surface area contributed by atoms with Crippen molar-refractivity contribution in [2.75, 3.05) is 12.4 Å². The van der Waals surface area contributed by atoms with E-state index in [2.05, 4.69) is 4.99 Å². The minimum atomic E-state index is -0.330. The van der Waals surface area contributed by atoms with Gasteiger partial charge in [0.15, 0.2) is 0 Å². The molecule has 0 aliphatic carbocycles. The second kappa shape index (κ2) is 7.16. The molecule has 0 amide bonds. The zero-order valence-corrected chi connectivity index (χ0v) is 13.4. The Morgan fingerprint density at radius 1 is 1.18 bits per heavy atom. The summed E-state index contributed by atoms with van der Waals surface area (Å²) in [4.78, 5) is 4.62. The van der Waals surface area contributed by atoms with Gasteiger partial charge in [-0.2, -0.15) is 0 Å². The highest BCUT2D eigenvalue weighted by Crippen LogP contribution is 2.29. The lowest BCUT2D eigenvalue weighted by Gasteiger charge is -2.21. The Balaban J connectivity index is 1.75. The molecule has 1 heterocycles. The molecule has 5 heteroatoms. The number of ether oxygens (including phenoxy) is 1. The summed E-state index contributed by atoms with van der Waals surface area (Å²) in [6.45, 7) is 0.486. The van der Waals surface area contributed by atoms with Crippen molar-refractivity contribution in [1.29, 1.82) is 0 Å². The molecule has 0 spiro atoms. The zero-order chi connectivity index (χ0) is 15.4. The molecular formula is C17H15ClFNOS. The van der Waals surface area contributed by atoms with E-state index < -0.39 is 0 Å². The zero-order valence-electron chi connectivity index (χ0n) is 11.8. The fraction of sp³-hybridized carbons (Fsp3) is 0.235. The van der Waals surface area contributed by atoms with Gasteiger partial charge in [0, 0.05) is 5.75 Å². The lowest BCUT2D eigenvalue weighted by Crippen LogP contribution is -2.23. The largest absolute Gasteiger partial charge is 0.491 e. The average molecular weight is 336 g/mol. The predicted octanol–water partition coefficient (Wildman–Crippen LogP) is 4.81. The van der Waals surface area contributed by atoms with Crippen LogP contribution in [-0.4, -0.2) is 23.4 Å². The first-order valence-corrected chi connectivity index (χ1v) is 8.43. The highest BCUT2D eigenvalue weighted by atomic mass is 35.5. The molecule has 3 rings (SSSR count). The lowest BCUT2D eigenvalue weighted by atomic mass is 10.2. The maximum Gasteiger partial charge on any atom is 0.134 e. The van der Waals surface area contributed by atoms with Crippen LogP contribution in [0.15, 0.2) is 53.5 Å². The van der Waals surface area contributed by atoms with Crippen LogP contribution < -0.4 is 4.74 Å². The molecule has 114 valence electrons. The van der Waals surface area contributed by atoms with Gasteiger partial charge in [0.05, 0.1) is 16.6 Å². The second-order valence-corrected chi connectivity index (χ2v) is 6.44. The van der Waals surface area contributed by atoms with Crippen LogP contribution >= 0.6 is 23.4 Å². The third-order valence-electron chi connectivity index (χ3n) is 3.35. The second-order valence-electron chi connectivity index (χ2n) is 4.95. The van der Waals surface area contributed by atoms with Gasteiger partial charge in [-0.05, 0) is 30.7 Å². The first kappa shape index (κ1) is 15.4. The van der Waals surface area contributed by atoms with Crippen LogP contribution in [0.2, 0.25) is 5.02 Å². The predicted molar refractivity (Wildman–Crippen MR) is 90.7 cm³/mol. The van der Waals surface area contributed by atoms with Crippen LogP contribution in [0.25, 0.3) is 0 Å². The number of rotatable bonds is 4. The normalized spacial score (nSPS) is 17.9. The number of thioether (sulfide) groups is 1. The molecule has 2 aromatic carbocycles. The summed E-state index contributed by atoms with van der Waals surface area (Å²) in [5, 5.41) is 1.06. The van der Waals surface area contributed by atoms with Crippen molar-refractivity contribution in [2.24, 2.45) is 4.99 Å². The Morgan fingerprint density at radius 2 is 2.00 bits per heavy atom. The first-order chi connectivity index (χ1) is 10.7. The van der Waals surface area contributed by atoms with Crippen LogP contribution in [0.5, 0.6) is 5.75 Å². The molecule has 1 unspecified atom stereocenters. The van der Waals surface area contributed by atoms with Crippen molar-refractivity contribution < 1.29 is 9.13 Å². The highest BCUT2D eigenvalue weighted by Gasteiger charge is 2.21. The van der Waals surface area contributed by atoms with Gasteiger partial charge in [-0.3, -0.25) is 4.99 Å². The van der Waals surface area contributed by atoms with E-state index >= 15 is 0 Å². The SMILES string of the molecule is Fc1cccc(Cl)c1C1=NC(COc2ccccc2)CCS1. The maximum atomic E-state index is 14.0. The molecule has 1 aliphatic rings. The van der Waals surface area contributed by atoms with E-state index in [-0.39, 0.29) is 11.9 Å². The number of para-hydroxylation sites is 1. The standard InChI is InChI=1S/C17H15ClFNOS/c18-14-7-4-8-15(19)16(14)17-20-12(9-10-22-17)11-21-13-5-2-1-3-6-13/h1-8,12H,9-11H2. The molecule has 0 radical (unpaired) electrons. The van der Waals surface area contributed by atoms with Crippen LogP contribution in [0.3, 0.4) is 0 Å². The minimum Gasteiger partial charge on any atom is -0.491 e. The fourth-order valence-electron chi connectivity index (χ4n) is 2.23. The van der Waals surface area contributed by atoms with Crippen LogP contribution in [0, 0.1) is 5.82 Å². The summed E-state index contributed by atoms with van der Waals surface area (Å²) in [7, 11) is 0. The number of hydrogen-bond donors (Lipinski definition) is 0. The summed E-state index contributed by atoms with van der Waals surface area (Å²) >= 11 is 7.66. The van der Waals surface area contributed by atoms with E-state index in [1.807, 2.05) is 30.3 Å². The Morgan fingerprint density at radius 3 is 2.77 bits per heavy atom. The van der Waals surface area contributed by atoms with Crippen molar-refractivity contribution in [3.63, 3.8) is 0 Å². The van der Waals surface area contributed by atoms with Crippen molar-refractivity contribution in [2.45, 2.75) is 12.5 Å². The van der Waals surface area contributed by atoms with Gasteiger partial charge in [-0.25, -0.2) is 4.39 Å². The molecule has 2 nitrogen and oxygen atoms in total. The van der Waals surface area contributed by atoms with Crippen molar-refractivity contribution in [3.05, 3.63) is 64.9 Å². The Kier molecular flexibility index (Phi) is 5.01. The summed E-state index contributed by atoms with van der Waals surface area (Å²) in [6, 6.07) is 14.4. The van der Waals surface area contributed by atoms with Crippen LogP contribution in [0.1, 0.15) is 12.0 Å². The quantitative estimate of drug-likeness (QED) is 0.799. The topological polar surface area (TPSA) is 21.6 Å². The Labute approximate surface area is 138 Å². The minimum absolute atomic E-state index is 0.0205. The van der Waals surface area contributed by atoms with E-state index in [4.69, 9.17) is 16.3 Å². The fourth-order valence-corrected chi connectivity index (χ4v) is 3.70. The molecule has 2 aromatic rings. The number of hydrogen-bond acceptors (Lipinski definition) is 3. The van der Waals surface area contributed by atoms with E-state index in [1.54, 1.807) is 23.9 Å². The van der Waals surface area contributed by atoms with E-state index in [0.29, 0.717) is 22.2 Å². The Bertz CT molecular complexity index is 657. The molecule has 0 saturated heterocycles. The van der Waals surface area contributed by atoms with Gasteiger partial charge in [0.1, 0.15) is 23.2 Å². The van der Waals surface area contributed by atoms with Gasteiger partial charge in [-0.1, -0.05) is 35.9 Å². The Hall–Kier alpha value is -1.52. The first-order valence-electron chi connectivity index (χ1n) is 7.07. The van der Waals surface area contributed by atoms with Crippen molar-refractivity contribution in [3.8, 4) is 5.75 Å². The monoisotopic (exact) mass is 335 g/mol. The van der Waals surface area contributed by atoms with E-state index in [1.165, 1.54) is 6.07 Å². The summed E-state index contributed by atoms with van der Waals surface area (Å²) in [5.74, 6) is 1.37. The lowest BCUT2D eigenvalue weighted by molar-refractivity contribution is 0.286. The van der Waals surface area contributed by atoms with Gasteiger partial charge < -0.3 is 4.74 Å². The molecular weight excluding hydrogens is 321 g/mol. The number of nitrogens with zero attached hydrogens (tertiary/aromatic N) is 1. The van der Waals surface area contributed by atoms with Gasteiger partial charge in [-0.15, -0.1) is 11.8 Å². The van der Waals surface area contributed by atoms with Crippen LogP contribution in [-0.2, 0) is 0 Å². The van der Waals surface area contributed by atoms with Gasteiger partial charge >= 0.3 is 0 Å². The van der Waals surface area contributed by atoms with Crippen molar-refractivity contribution in [1.82, 2.24) is 0 Å². The number of aliphatic imine (C=N–C) groups is 1. The maximum absolute atomic E-state index is 14.0. The molecule has 0 bridgehead atoms. The van der Waals surface area contributed by atoms with Gasteiger partial charge in [0.2, 0.25) is 0 Å². The van der Waals surface area contributed by atoms with Crippen LogP contribution in [0.4, 0.5) is 4.39 Å². The van der Waals surface area contributed by atoms with E-state index in [9.17, 15) is 4.39 Å². The molecule has 0 saturated carbocycles. The number of halogens is 2. The third-order valence-corrected chi connectivity index (χ3v) is 4.69. The van der Waals surface area contributed by atoms with Crippen molar-refractivity contribution >= 4 is 28.4 Å². The average Bonchev–Trinajstić information content (AvgIpc) is 2.54. The molecule has 0 fully saturated rings. The molecule has 0 aromatic heterocycles. The highest BCUT2D eigenvalue weighted by molar-refractivity contribution is 8.14. The molecule has 0 N–H and O–H groups in total. The number of benzene rings is 2. The molecule has 22 heavy (non-hydrogen) atoms. The van der Waals surface area contributed by atoms with Gasteiger partial charge in [0.25, 0.3) is 0 Å².